The van der Waals surface area contributed by atoms with Gasteiger partial charge in [-0.3, -0.25) is 24.1 Å². The molecule has 7 heteroatoms. The highest BCUT2D eigenvalue weighted by Gasteiger charge is 2.22. The Hall–Kier alpha value is -4.39. The van der Waals surface area contributed by atoms with Gasteiger partial charge in [0.1, 0.15) is 0 Å². The normalized spacial score (nSPS) is 10.5. The van der Waals surface area contributed by atoms with Gasteiger partial charge in [-0.1, -0.05) is 48.5 Å². The summed E-state index contributed by atoms with van der Waals surface area (Å²) in [5.41, 5.74) is 2.23. The Morgan fingerprint density at radius 3 is 1.88 bits per heavy atom. The van der Waals surface area contributed by atoms with E-state index in [0.717, 1.165) is 16.9 Å². The van der Waals surface area contributed by atoms with E-state index in [4.69, 9.17) is 0 Å². The van der Waals surface area contributed by atoms with Gasteiger partial charge in [0.2, 0.25) is 0 Å². The lowest BCUT2D eigenvalue weighted by atomic mass is 10.2. The molecule has 0 saturated carbocycles. The molecule has 0 unspecified atom stereocenters. The number of aromatic nitrogens is 2. The molecule has 0 aliphatic rings. The highest BCUT2D eigenvalue weighted by molar-refractivity contribution is 6.08. The lowest BCUT2D eigenvalue weighted by Gasteiger charge is -2.28. The standard InChI is InChI=1S/C25H22N4O3/c1-27(20-14-12-19(13-15-20)18-28-17-16-23(30)26-24(28)31)25(32)29(21-8-4-2-5-9-21)22-10-6-3-7-11-22/h2-17H,18H2,1H3,(H,26,30,31). The molecule has 4 rings (SSSR count). The van der Waals surface area contributed by atoms with E-state index in [0.29, 0.717) is 12.2 Å². The number of nitrogens with zero attached hydrogens (tertiary/aromatic N) is 3. The van der Waals surface area contributed by atoms with Gasteiger partial charge in [-0.25, -0.2) is 9.59 Å². The number of aromatic amines is 1. The maximum atomic E-state index is 13.5. The van der Waals surface area contributed by atoms with Crippen molar-refractivity contribution in [3.05, 3.63) is 124 Å². The number of urea groups is 1. The van der Waals surface area contributed by atoms with Crippen LogP contribution in [0.2, 0.25) is 0 Å². The van der Waals surface area contributed by atoms with Gasteiger partial charge in [-0.15, -0.1) is 0 Å². The summed E-state index contributed by atoms with van der Waals surface area (Å²) in [6.07, 6.45) is 1.46. The number of amides is 2. The fourth-order valence-electron chi connectivity index (χ4n) is 3.37. The third-order valence-electron chi connectivity index (χ3n) is 5.08. The van der Waals surface area contributed by atoms with Gasteiger partial charge < -0.3 is 0 Å². The predicted octanol–water partition coefficient (Wildman–Crippen LogP) is 3.98. The van der Waals surface area contributed by atoms with Gasteiger partial charge >= 0.3 is 11.7 Å². The summed E-state index contributed by atoms with van der Waals surface area (Å²) in [6.45, 7) is 0.313. The molecule has 0 saturated heterocycles. The summed E-state index contributed by atoms with van der Waals surface area (Å²) in [6, 6.07) is 27.4. The van der Waals surface area contributed by atoms with E-state index in [-0.39, 0.29) is 6.03 Å². The second-order valence-electron chi connectivity index (χ2n) is 7.25. The van der Waals surface area contributed by atoms with Gasteiger partial charge in [0.05, 0.1) is 17.9 Å². The van der Waals surface area contributed by atoms with Crippen LogP contribution in [0, 0.1) is 0 Å². The number of anilines is 3. The molecule has 1 aromatic heterocycles. The van der Waals surface area contributed by atoms with Crippen LogP contribution in [0.3, 0.4) is 0 Å². The molecule has 0 radical (unpaired) electrons. The number of H-pyrrole nitrogens is 1. The van der Waals surface area contributed by atoms with E-state index in [2.05, 4.69) is 4.98 Å². The monoisotopic (exact) mass is 426 g/mol. The molecule has 0 bridgehead atoms. The van der Waals surface area contributed by atoms with Crippen molar-refractivity contribution in [2.75, 3.05) is 16.8 Å². The summed E-state index contributed by atoms with van der Waals surface area (Å²) in [4.78, 5) is 42.1. The molecule has 0 aliphatic heterocycles. The zero-order valence-electron chi connectivity index (χ0n) is 17.5. The van der Waals surface area contributed by atoms with Gasteiger partial charge in [0.25, 0.3) is 5.56 Å². The Morgan fingerprint density at radius 1 is 0.781 bits per heavy atom. The molecule has 0 atom stereocenters. The second-order valence-corrected chi connectivity index (χ2v) is 7.25. The number of benzene rings is 3. The van der Waals surface area contributed by atoms with Crippen molar-refractivity contribution in [2.24, 2.45) is 0 Å². The van der Waals surface area contributed by atoms with E-state index in [1.165, 1.54) is 16.8 Å². The molecule has 0 fully saturated rings. The van der Waals surface area contributed by atoms with Crippen molar-refractivity contribution in [2.45, 2.75) is 6.54 Å². The van der Waals surface area contributed by atoms with Crippen LogP contribution >= 0.6 is 0 Å². The average molecular weight is 426 g/mol. The van der Waals surface area contributed by atoms with E-state index >= 15 is 0 Å². The van der Waals surface area contributed by atoms with Crippen LogP contribution < -0.4 is 21.0 Å². The topological polar surface area (TPSA) is 78.4 Å². The van der Waals surface area contributed by atoms with Crippen LogP contribution in [0.4, 0.5) is 21.9 Å². The van der Waals surface area contributed by atoms with Crippen LogP contribution in [0.15, 0.2) is 107 Å². The number of para-hydroxylation sites is 2. The summed E-state index contributed by atoms with van der Waals surface area (Å²) < 4.78 is 1.41. The van der Waals surface area contributed by atoms with Gasteiger partial charge in [0, 0.05) is 25.0 Å². The van der Waals surface area contributed by atoms with Crippen molar-refractivity contribution >= 4 is 23.1 Å². The summed E-state index contributed by atoms with van der Waals surface area (Å²) in [5, 5.41) is 0. The number of hydrogen-bond donors (Lipinski definition) is 1. The Balaban J connectivity index is 1.58. The van der Waals surface area contributed by atoms with Crippen molar-refractivity contribution in [3.63, 3.8) is 0 Å². The fraction of sp³-hybridized carbons (Fsp3) is 0.0800. The maximum Gasteiger partial charge on any atom is 0.333 e. The van der Waals surface area contributed by atoms with Crippen LogP contribution in [-0.2, 0) is 6.54 Å². The van der Waals surface area contributed by atoms with Crippen LogP contribution in [-0.4, -0.2) is 22.6 Å². The minimum absolute atomic E-state index is 0.202. The average Bonchev–Trinajstić information content (AvgIpc) is 2.82. The third-order valence-corrected chi connectivity index (χ3v) is 5.08. The Labute approximate surface area is 184 Å². The summed E-state index contributed by atoms with van der Waals surface area (Å²) in [7, 11) is 1.72. The molecular weight excluding hydrogens is 404 g/mol. The zero-order valence-corrected chi connectivity index (χ0v) is 17.5. The minimum atomic E-state index is -0.463. The number of carbonyl (C=O) groups excluding carboxylic acids is 1. The highest BCUT2D eigenvalue weighted by atomic mass is 16.2. The number of nitrogens with one attached hydrogen (secondary N) is 1. The molecule has 1 heterocycles. The molecule has 1 N–H and O–H groups in total. The van der Waals surface area contributed by atoms with E-state index in [1.54, 1.807) is 16.8 Å². The van der Waals surface area contributed by atoms with Gasteiger partial charge in [0.15, 0.2) is 0 Å². The molecular formula is C25H22N4O3. The molecule has 160 valence electrons. The zero-order chi connectivity index (χ0) is 22.5. The van der Waals surface area contributed by atoms with Crippen LogP contribution in [0.1, 0.15) is 5.56 Å². The molecule has 32 heavy (non-hydrogen) atoms. The second kappa shape index (κ2) is 9.18. The van der Waals surface area contributed by atoms with Crippen LogP contribution in [0.25, 0.3) is 0 Å². The van der Waals surface area contributed by atoms with Crippen LogP contribution in [0.5, 0.6) is 0 Å². The largest absolute Gasteiger partial charge is 0.333 e. The molecule has 3 aromatic carbocycles. The van der Waals surface area contributed by atoms with E-state index in [9.17, 15) is 14.4 Å². The van der Waals surface area contributed by atoms with Crippen molar-refractivity contribution in [1.82, 2.24) is 9.55 Å². The number of hydrogen-bond acceptors (Lipinski definition) is 3. The summed E-state index contributed by atoms with van der Waals surface area (Å²) in [5.74, 6) is 0. The van der Waals surface area contributed by atoms with Crippen molar-refractivity contribution < 1.29 is 4.79 Å². The first-order valence-electron chi connectivity index (χ1n) is 10.1. The quantitative estimate of drug-likeness (QED) is 0.524. The highest BCUT2D eigenvalue weighted by Crippen LogP contribution is 2.28. The minimum Gasteiger partial charge on any atom is -0.297 e. The Morgan fingerprint density at radius 2 is 1.34 bits per heavy atom. The SMILES string of the molecule is CN(C(=O)N(c1ccccc1)c1ccccc1)c1ccc(Cn2ccc(=O)[nH]c2=O)cc1. The van der Waals surface area contributed by atoms with E-state index in [1.807, 2.05) is 84.9 Å². The first kappa shape index (κ1) is 20.9. The Bertz CT molecular complexity index is 1270. The lowest BCUT2D eigenvalue weighted by Crippen LogP contribution is -2.38. The molecule has 2 amide bonds. The first-order valence-corrected chi connectivity index (χ1v) is 10.1. The lowest BCUT2D eigenvalue weighted by molar-refractivity contribution is 0.254. The smallest absolute Gasteiger partial charge is 0.297 e. The van der Waals surface area contributed by atoms with Gasteiger partial charge in [-0.2, -0.15) is 0 Å². The molecule has 7 nitrogen and oxygen atoms in total. The molecule has 4 aromatic rings. The first-order chi connectivity index (χ1) is 15.5. The Kier molecular flexibility index (Phi) is 5.98. The number of carbonyl (C=O) groups is 1. The maximum absolute atomic E-state index is 13.5. The summed E-state index contributed by atoms with van der Waals surface area (Å²) >= 11 is 0. The van der Waals surface area contributed by atoms with Crippen molar-refractivity contribution in [1.29, 1.82) is 0 Å². The fourth-order valence-corrected chi connectivity index (χ4v) is 3.37. The third kappa shape index (κ3) is 4.52. The number of rotatable bonds is 5. The molecule has 0 spiro atoms. The van der Waals surface area contributed by atoms with Gasteiger partial charge in [-0.05, 0) is 42.0 Å². The van der Waals surface area contributed by atoms with E-state index < -0.39 is 11.2 Å². The molecule has 0 aliphatic carbocycles. The predicted molar refractivity (Wildman–Crippen MR) is 126 cm³/mol. The van der Waals surface area contributed by atoms with Crippen molar-refractivity contribution in [3.8, 4) is 0 Å².